The quantitative estimate of drug-likeness (QED) is 0.396. The van der Waals surface area contributed by atoms with E-state index in [0.717, 1.165) is 4.47 Å². The lowest BCUT2D eigenvalue weighted by atomic mass is 10.2. The van der Waals surface area contributed by atoms with Gasteiger partial charge in [0.25, 0.3) is 5.56 Å². The Hall–Kier alpha value is -1.98. The number of rotatable bonds is 6. The molecule has 1 fully saturated rings. The van der Waals surface area contributed by atoms with Gasteiger partial charge in [0.15, 0.2) is 5.05 Å². The summed E-state index contributed by atoms with van der Waals surface area (Å²) in [5.41, 5.74) is -3.50. The van der Waals surface area contributed by atoms with Crippen LogP contribution in [0.3, 0.4) is 0 Å². The Bertz CT molecular complexity index is 1210. The maximum Gasteiger partial charge on any atom is 0.423 e. The molecule has 1 aromatic carbocycles. The third-order valence-corrected chi connectivity index (χ3v) is 6.16. The van der Waals surface area contributed by atoms with E-state index >= 15 is 0 Å². The van der Waals surface area contributed by atoms with E-state index < -0.39 is 41.4 Å². The second-order valence-electron chi connectivity index (χ2n) is 6.85. The Morgan fingerprint density at radius 1 is 1.36 bits per heavy atom. The number of benzene rings is 1. The number of nitrogens with one attached hydrogen (secondary N) is 1. The first-order valence-corrected chi connectivity index (χ1v) is 11.3. The zero-order valence-corrected chi connectivity index (χ0v) is 20.5. The number of nitrogens with zero attached hydrogens (tertiary/aromatic N) is 1. The minimum atomic E-state index is -4.95. The highest BCUT2D eigenvalue weighted by Gasteiger charge is 2.40. The first-order chi connectivity index (χ1) is 15.5. The first kappa shape index (κ1) is 25.6. The maximum absolute atomic E-state index is 13.1. The number of hydrogen-bond donors (Lipinski definition) is 1. The van der Waals surface area contributed by atoms with Gasteiger partial charge in [-0.05, 0) is 46.3 Å². The van der Waals surface area contributed by atoms with Crippen LogP contribution < -0.4 is 11.2 Å². The molecule has 3 atom stereocenters. The molecule has 1 aliphatic heterocycles. The molecule has 0 spiro atoms. The van der Waals surface area contributed by atoms with Gasteiger partial charge in [0.05, 0.1) is 6.10 Å². The van der Waals surface area contributed by atoms with Gasteiger partial charge in [-0.25, -0.2) is 4.79 Å². The number of thiocarbonyl (C=S) groups is 1. The number of aromatic nitrogens is 2. The van der Waals surface area contributed by atoms with Crippen LogP contribution in [0.4, 0.5) is 13.2 Å². The largest absolute Gasteiger partial charge is 0.480 e. The topological polar surface area (TPSA) is 82.6 Å². The molecule has 3 rings (SSSR count). The van der Waals surface area contributed by atoms with Gasteiger partial charge in [0.1, 0.15) is 31.1 Å². The van der Waals surface area contributed by atoms with Crippen LogP contribution in [0.15, 0.2) is 42.9 Å². The summed E-state index contributed by atoms with van der Waals surface area (Å²) in [6.45, 7) is -0.203. The Morgan fingerprint density at radius 2 is 2.09 bits per heavy atom. The Balaban J connectivity index is 1.80. The predicted molar refractivity (Wildman–Crippen MR) is 123 cm³/mol. The number of alkyl halides is 3. The summed E-state index contributed by atoms with van der Waals surface area (Å²) in [5.74, 6) is 2.30. The highest BCUT2D eigenvalue weighted by atomic mass is 79.9. The summed E-state index contributed by atoms with van der Waals surface area (Å²) < 4.78 is 58.5. The van der Waals surface area contributed by atoms with Crippen molar-refractivity contribution in [3.63, 3.8) is 0 Å². The van der Waals surface area contributed by atoms with E-state index in [1.165, 1.54) is 0 Å². The Kier molecular flexibility index (Phi) is 8.17. The van der Waals surface area contributed by atoms with E-state index in [1.54, 1.807) is 23.2 Å². The third-order valence-electron chi connectivity index (χ3n) is 4.67. The summed E-state index contributed by atoms with van der Waals surface area (Å²) in [4.78, 5) is 25.4. The smallest absolute Gasteiger partial charge is 0.423 e. The molecule has 0 bridgehead atoms. The van der Waals surface area contributed by atoms with Crippen LogP contribution in [-0.2, 0) is 20.4 Å². The van der Waals surface area contributed by atoms with Gasteiger partial charge < -0.3 is 14.2 Å². The number of terminal acetylenes is 1. The molecule has 7 nitrogen and oxygen atoms in total. The average Bonchev–Trinajstić information content (AvgIpc) is 3.12. The SMILES string of the molecule is C#CCO[C@H]1C[C@H](n2cc(C(F)(F)F)c(=O)[nH]c2=O)O[C@@H]1COC(=S)c1ccc(Br)cc1Br. The van der Waals surface area contributed by atoms with Gasteiger partial charge in [-0.2, -0.15) is 13.2 Å². The molecule has 0 saturated carbocycles. The lowest BCUT2D eigenvalue weighted by Gasteiger charge is -2.19. The minimum absolute atomic E-state index is 0.00626. The van der Waals surface area contributed by atoms with E-state index in [9.17, 15) is 22.8 Å². The minimum Gasteiger partial charge on any atom is -0.480 e. The van der Waals surface area contributed by atoms with Gasteiger partial charge in [-0.1, -0.05) is 21.9 Å². The van der Waals surface area contributed by atoms with Crippen molar-refractivity contribution in [1.82, 2.24) is 9.55 Å². The van der Waals surface area contributed by atoms with E-state index in [0.29, 0.717) is 20.8 Å². The maximum atomic E-state index is 13.1. The summed E-state index contributed by atoms with van der Waals surface area (Å²) in [6, 6.07) is 5.30. The van der Waals surface area contributed by atoms with Crippen molar-refractivity contribution in [3.8, 4) is 12.3 Å². The number of aromatic amines is 1. The van der Waals surface area contributed by atoms with E-state index in [2.05, 4.69) is 37.8 Å². The highest BCUT2D eigenvalue weighted by molar-refractivity contribution is 9.11. The average molecular weight is 612 g/mol. The van der Waals surface area contributed by atoms with Gasteiger partial charge in [0, 0.05) is 27.1 Å². The van der Waals surface area contributed by atoms with Crippen LogP contribution in [0, 0.1) is 12.3 Å². The van der Waals surface area contributed by atoms with Crippen molar-refractivity contribution in [2.24, 2.45) is 0 Å². The van der Waals surface area contributed by atoms with Gasteiger partial charge >= 0.3 is 11.9 Å². The molecule has 1 aliphatic rings. The molecule has 0 aliphatic carbocycles. The Morgan fingerprint density at radius 3 is 2.73 bits per heavy atom. The van der Waals surface area contributed by atoms with Crippen LogP contribution in [0.2, 0.25) is 0 Å². The second-order valence-corrected chi connectivity index (χ2v) is 8.99. The second kappa shape index (κ2) is 10.5. The number of H-pyrrole nitrogens is 1. The van der Waals surface area contributed by atoms with Crippen LogP contribution >= 0.6 is 44.1 Å². The van der Waals surface area contributed by atoms with E-state index in [1.807, 2.05) is 0 Å². The van der Waals surface area contributed by atoms with Crippen molar-refractivity contribution < 1.29 is 27.4 Å². The van der Waals surface area contributed by atoms with Crippen LogP contribution in [-0.4, -0.2) is 40.0 Å². The standard InChI is InChI=1S/C20H15Br2F3N2O5S/c1-2-5-30-14-7-16(27-8-12(20(23,24)25)17(28)26-19(27)29)32-15(14)9-31-18(33)11-4-3-10(21)6-13(11)22/h1,3-4,6,8,14-16H,5,7,9H2,(H,26,28,29)/t14-,15+,16+/m0/s1. The number of ether oxygens (including phenoxy) is 3. The molecule has 0 amide bonds. The molecule has 2 aromatic rings. The van der Waals surface area contributed by atoms with Crippen molar-refractivity contribution in [2.45, 2.75) is 31.0 Å². The molecule has 176 valence electrons. The predicted octanol–water partition coefficient (Wildman–Crippen LogP) is 3.78. The van der Waals surface area contributed by atoms with Crippen molar-refractivity contribution in [3.05, 3.63) is 65.3 Å². The lowest BCUT2D eigenvalue weighted by Crippen LogP contribution is -2.36. The summed E-state index contributed by atoms with van der Waals surface area (Å²) in [7, 11) is 0. The molecule has 33 heavy (non-hydrogen) atoms. The van der Waals surface area contributed by atoms with E-state index in [-0.39, 0.29) is 24.7 Å². The molecule has 1 saturated heterocycles. The summed E-state index contributed by atoms with van der Waals surface area (Å²) in [5, 5.41) is 0.151. The molecule has 2 heterocycles. The molecular formula is C20H15Br2F3N2O5S. The third kappa shape index (κ3) is 6.13. The zero-order valence-electron chi connectivity index (χ0n) is 16.5. The number of halogens is 5. The lowest BCUT2D eigenvalue weighted by molar-refractivity contribution is -0.139. The van der Waals surface area contributed by atoms with Crippen molar-refractivity contribution >= 4 is 49.1 Å². The van der Waals surface area contributed by atoms with Crippen LogP contribution in [0.1, 0.15) is 23.8 Å². The molecule has 1 aromatic heterocycles. The number of hydrogen-bond acceptors (Lipinski definition) is 6. The van der Waals surface area contributed by atoms with Crippen LogP contribution in [0.25, 0.3) is 0 Å². The van der Waals surface area contributed by atoms with Crippen molar-refractivity contribution in [1.29, 1.82) is 0 Å². The Labute approximate surface area is 207 Å². The molecule has 0 unspecified atom stereocenters. The first-order valence-electron chi connectivity index (χ1n) is 9.26. The summed E-state index contributed by atoms with van der Waals surface area (Å²) >= 11 is 12.0. The monoisotopic (exact) mass is 610 g/mol. The molecule has 13 heteroatoms. The fourth-order valence-electron chi connectivity index (χ4n) is 3.14. The van der Waals surface area contributed by atoms with Gasteiger partial charge in [-0.15, -0.1) is 6.42 Å². The van der Waals surface area contributed by atoms with Crippen molar-refractivity contribution in [2.75, 3.05) is 13.2 Å². The molecular weight excluding hydrogens is 597 g/mol. The fourth-order valence-corrected chi connectivity index (χ4v) is 4.75. The van der Waals surface area contributed by atoms with Crippen LogP contribution in [0.5, 0.6) is 0 Å². The summed E-state index contributed by atoms with van der Waals surface area (Å²) in [6.07, 6.45) is -1.95. The zero-order chi connectivity index (χ0) is 24.3. The molecule has 0 radical (unpaired) electrons. The van der Waals surface area contributed by atoms with Gasteiger partial charge in [-0.3, -0.25) is 14.3 Å². The fraction of sp³-hybridized carbons (Fsp3) is 0.350. The highest BCUT2D eigenvalue weighted by Crippen LogP contribution is 2.32. The normalized spacial score (nSPS) is 20.4. The van der Waals surface area contributed by atoms with Gasteiger partial charge in [0.2, 0.25) is 0 Å². The molecule has 1 N–H and O–H groups in total. The van der Waals surface area contributed by atoms with E-state index in [4.69, 9.17) is 32.9 Å².